The summed E-state index contributed by atoms with van der Waals surface area (Å²) in [7, 11) is 1.78. The zero-order valence-electron chi connectivity index (χ0n) is 15.5. The summed E-state index contributed by atoms with van der Waals surface area (Å²) in [6.07, 6.45) is 9.02. The Bertz CT molecular complexity index is 507. The molecule has 1 aromatic heterocycles. The van der Waals surface area contributed by atoms with Crippen LogP contribution in [-0.2, 0) is 11.2 Å². The van der Waals surface area contributed by atoms with E-state index in [1.807, 2.05) is 6.20 Å². The van der Waals surface area contributed by atoms with Crippen LogP contribution in [0.5, 0.6) is 0 Å². The second kappa shape index (κ2) is 9.67. The molecule has 3 N–H and O–H groups in total. The number of aliphatic imine (C=N–C) groups is 1. The van der Waals surface area contributed by atoms with Crippen LogP contribution in [0.15, 0.2) is 11.2 Å². The van der Waals surface area contributed by atoms with Gasteiger partial charge in [0.05, 0.1) is 6.20 Å². The van der Waals surface area contributed by atoms with Gasteiger partial charge in [0.1, 0.15) is 0 Å². The molecule has 1 aliphatic rings. The Labute approximate surface area is 145 Å². The molecule has 136 valence electrons. The molecular weight excluding hydrogens is 302 g/mol. The van der Waals surface area contributed by atoms with Gasteiger partial charge in [-0.2, -0.15) is 5.10 Å². The highest BCUT2D eigenvalue weighted by Crippen LogP contribution is 2.44. The number of hydrogen-bond acceptors (Lipinski definition) is 3. The molecule has 1 fully saturated rings. The summed E-state index contributed by atoms with van der Waals surface area (Å²) in [6, 6.07) is 0. The van der Waals surface area contributed by atoms with Gasteiger partial charge in [-0.1, -0.05) is 6.42 Å². The average Bonchev–Trinajstić information content (AvgIpc) is 2.95. The minimum Gasteiger partial charge on any atom is -0.385 e. The molecule has 0 saturated heterocycles. The first kappa shape index (κ1) is 18.8. The fourth-order valence-electron chi connectivity index (χ4n) is 3.18. The molecule has 0 spiro atoms. The van der Waals surface area contributed by atoms with Gasteiger partial charge in [0, 0.05) is 39.0 Å². The topological polar surface area (TPSA) is 74.3 Å². The summed E-state index contributed by atoms with van der Waals surface area (Å²) in [5.74, 6) is 0.935. The van der Waals surface area contributed by atoms with Gasteiger partial charge in [-0.25, -0.2) is 0 Å². The fourth-order valence-corrected chi connectivity index (χ4v) is 3.18. The van der Waals surface area contributed by atoms with Crippen molar-refractivity contribution in [3.8, 4) is 0 Å². The maximum atomic E-state index is 5.26. The lowest BCUT2D eigenvalue weighted by atomic mass is 9.67. The number of aromatic amines is 1. The van der Waals surface area contributed by atoms with Crippen molar-refractivity contribution in [1.82, 2.24) is 20.8 Å². The highest BCUT2D eigenvalue weighted by Gasteiger charge is 2.36. The van der Waals surface area contributed by atoms with Crippen LogP contribution < -0.4 is 10.6 Å². The number of hydrogen-bond donors (Lipinski definition) is 3. The van der Waals surface area contributed by atoms with Gasteiger partial charge < -0.3 is 15.4 Å². The normalized spacial score (nSPS) is 16.7. The molecule has 6 heteroatoms. The number of rotatable bonds is 10. The van der Waals surface area contributed by atoms with E-state index in [4.69, 9.17) is 9.73 Å². The fraction of sp³-hybridized carbons (Fsp3) is 0.778. The zero-order chi connectivity index (χ0) is 17.3. The number of nitrogens with one attached hydrogen (secondary N) is 3. The van der Waals surface area contributed by atoms with Crippen molar-refractivity contribution in [3.05, 3.63) is 17.5 Å². The second-order valence-corrected chi connectivity index (χ2v) is 6.84. The number of ether oxygens (including phenoxy) is 1. The molecule has 2 rings (SSSR count). The summed E-state index contributed by atoms with van der Waals surface area (Å²) < 4.78 is 5.26. The molecule has 0 aliphatic heterocycles. The molecule has 0 unspecified atom stereocenters. The Hall–Kier alpha value is -1.56. The molecule has 0 bridgehead atoms. The van der Waals surface area contributed by atoms with Gasteiger partial charge in [-0.3, -0.25) is 10.1 Å². The first-order valence-electron chi connectivity index (χ1n) is 9.19. The van der Waals surface area contributed by atoms with Crippen LogP contribution in [0.2, 0.25) is 0 Å². The Morgan fingerprint density at radius 2 is 2.25 bits per heavy atom. The lowest BCUT2D eigenvalue weighted by Crippen LogP contribution is -2.40. The number of guanidine groups is 1. The van der Waals surface area contributed by atoms with E-state index in [1.54, 1.807) is 7.11 Å². The number of aryl methyl sites for hydroxylation is 2. The van der Waals surface area contributed by atoms with E-state index >= 15 is 0 Å². The first-order valence-corrected chi connectivity index (χ1v) is 9.19. The Kier molecular flexibility index (Phi) is 7.56. The summed E-state index contributed by atoms with van der Waals surface area (Å²) >= 11 is 0. The van der Waals surface area contributed by atoms with Crippen molar-refractivity contribution in [1.29, 1.82) is 0 Å². The van der Waals surface area contributed by atoms with Gasteiger partial charge in [-0.05, 0) is 56.9 Å². The molecule has 0 amide bonds. The predicted octanol–water partition coefficient (Wildman–Crippen LogP) is 2.41. The van der Waals surface area contributed by atoms with Crippen LogP contribution in [0.1, 0.15) is 50.3 Å². The molecule has 0 atom stereocenters. The molecule has 1 aromatic rings. The minimum atomic E-state index is 0.367. The monoisotopic (exact) mass is 335 g/mol. The molecule has 24 heavy (non-hydrogen) atoms. The minimum absolute atomic E-state index is 0.367. The maximum Gasteiger partial charge on any atom is 0.191 e. The summed E-state index contributed by atoms with van der Waals surface area (Å²) in [6.45, 7) is 7.71. The van der Waals surface area contributed by atoms with Gasteiger partial charge in [0.25, 0.3) is 0 Å². The Balaban J connectivity index is 1.76. The third-order valence-electron chi connectivity index (χ3n) is 5.02. The quantitative estimate of drug-likeness (QED) is 0.349. The Morgan fingerprint density at radius 1 is 1.42 bits per heavy atom. The average molecular weight is 335 g/mol. The van der Waals surface area contributed by atoms with Crippen molar-refractivity contribution >= 4 is 5.96 Å². The first-order chi connectivity index (χ1) is 11.7. The van der Waals surface area contributed by atoms with Crippen molar-refractivity contribution < 1.29 is 4.74 Å². The molecule has 1 heterocycles. The summed E-state index contributed by atoms with van der Waals surface area (Å²) in [5.41, 5.74) is 2.83. The lowest BCUT2D eigenvalue weighted by Gasteiger charge is -2.40. The Morgan fingerprint density at radius 3 is 2.83 bits per heavy atom. The van der Waals surface area contributed by atoms with Crippen LogP contribution in [0.3, 0.4) is 0 Å². The van der Waals surface area contributed by atoms with Crippen LogP contribution in [0.25, 0.3) is 0 Å². The van der Waals surface area contributed by atoms with Gasteiger partial charge >= 0.3 is 0 Å². The standard InChI is InChI=1S/C18H33N5O/c1-4-19-17(20-11-5-7-16-13-22-23-15(16)2)21-14-18(8-6-9-18)10-12-24-3/h13H,4-12,14H2,1-3H3,(H,22,23)(H2,19,20,21). The number of methoxy groups -OCH3 is 1. The molecule has 1 saturated carbocycles. The largest absolute Gasteiger partial charge is 0.385 e. The maximum absolute atomic E-state index is 5.26. The molecule has 0 radical (unpaired) electrons. The number of aromatic nitrogens is 2. The van der Waals surface area contributed by atoms with Crippen molar-refractivity contribution in [2.24, 2.45) is 10.4 Å². The highest BCUT2D eigenvalue weighted by molar-refractivity contribution is 5.79. The van der Waals surface area contributed by atoms with E-state index < -0.39 is 0 Å². The molecule has 6 nitrogen and oxygen atoms in total. The molecule has 1 aliphatic carbocycles. The highest BCUT2D eigenvalue weighted by atomic mass is 16.5. The summed E-state index contributed by atoms with van der Waals surface area (Å²) in [5, 5.41) is 13.9. The van der Waals surface area contributed by atoms with E-state index in [1.165, 1.54) is 30.5 Å². The SMILES string of the molecule is CCNC(=NCC1(CCOC)CCC1)NCCCc1cn[nH]c1C. The van der Waals surface area contributed by atoms with E-state index in [2.05, 4.69) is 34.7 Å². The van der Waals surface area contributed by atoms with E-state index in [-0.39, 0.29) is 0 Å². The van der Waals surface area contributed by atoms with Crippen LogP contribution in [0, 0.1) is 12.3 Å². The van der Waals surface area contributed by atoms with Gasteiger partial charge in [0.2, 0.25) is 0 Å². The van der Waals surface area contributed by atoms with Crippen molar-refractivity contribution in [2.45, 2.75) is 52.4 Å². The third kappa shape index (κ3) is 5.51. The third-order valence-corrected chi connectivity index (χ3v) is 5.02. The van der Waals surface area contributed by atoms with Crippen molar-refractivity contribution in [3.63, 3.8) is 0 Å². The molecular formula is C18H33N5O. The van der Waals surface area contributed by atoms with E-state index in [9.17, 15) is 0 Å². The van der Waals surface area contributed by atoms with E-state index in [0.29, 0.717) is 5.41 Å². The van der Waals surface area contributed by atoms with Crippen LogP contribution in [0.4, 0.5) is 0 Å². The van der Waals surface area contributed by atoms with Gasteiger partial charge in [0.15, 0.2) is 5.96 Å². The summed E-state index contributed by atoms with van der Waals surface area (Å²) in [4.78, 5) is 4.83. The van der Waals surface area contributed by atoms with Crippen LogP contribution >= 0.6 is 0 Å². The molecule has 0 aromatic carbocycles. The van der Waals surface area contributed by atoms with E-state index in [0.717, 1.165) is 51.5 Å². The van der Waals surface area contributed by atoms with Crippen molar-refractivity contribution in [2.75, 3.05) is 33.4 Å². The van der Waals surface area contributed by atoms with Crippen LogP contribution in [-0.4, -0.2) is 49.5 Å². The van der Waals surface area contributed by atoms with Gasteiger partial charge in [-0.15, -0.1) is 0 Å². The second-order valence-electron chi connectivity index (χ2n) is 6.84. The smallest absolute Gasteiger partial charge is 0.191 e. The predicted molar refractivity (Wildman–Crippen MR) is 98.4 cm³/mol. The zero-order valence-corrected chi connectivity index (χ0v) is 15.5. The number of nitrogens with zero attached hydrogens (tertiary/aromatic N) is 2. The lowest BCUT2D eigenvalue weighted by molar-refractivity contribution is 0.0778. The number of H-pyrrole nitrogens is 1.